The van der Waals surface area contributed by atoms with Crippen LogP contribution in [0.25, 0.3) is 0 Å². The number of carboxylic acid groups (broad SMARTS) is 1. The van der Waals surface area contributed by atoms with Gasteiger partial charge in [-0.2, -0.15) is 0 Å². The van der Waals surface area contributed by atoms with E-state index in [9.17, 15) is 14.7 Å². The van der Waals surface area contributed by atoms with Crippen molar-refractivity contribution >= 4 is 17.6 Å². The van der Waals surface area contributed by atoms with E-state index in [2.05, 4.69) is 10.6 Å². The zero-order valence-corrected chi connectivity index (χ0v) is 14.7. The molecule has 3 N–H and O–H groups in total. The Morgan fingerprint density at radius 1 is 1.00 bits per heavy atom. The zero-order valence-electron chi connectivity index (χ0n) is 14.7. The van der Waals surface area contributed by atoms with Crippen LogP contribution in [0, 0.1) is 12.8 Å². The average Bonchev–Trinajstić information content (AvgIpc) is 2.56. The number of rotatable bonds is 7. The van der Waals surface area contributed by atoms with E-state index in [1.54, 1.807) is 12.1 Å². The van der Waals surface area contributed by atoms with E-state index in [1.807, 2.05) is 57.2 Å². The molecule has 2 aromatic rings. The lowest BCUT2D eigenvalue weighted by atomic mass is 10.0. The second kappa shape index (κ2) is 8.44. The van der Waals surface area contributed by atoms with Gasteiger partial charge in [0.2, 0.25) is 0 Å². The SMILES string of the molecule is Cc1ccc(C(=O)Nc2ccc(CN[C@@H](C(=O)O)C(C)C)cc2)cc1. The normalized spacial score (nSPS) is 12.0. The Labute approximate surface area is 148 Å². The predicted molar refractivity (Wildman–Crippen MR) is 98.7 cm³/mol. The summed E-state index contributed by atoms with van der Waals surface area (Å²) in [5, 5.41) is 15.1. The zero-order chi connectivity index (χ0) is 18.4. The molecule has 0 bridgehead atoms. The fraction of sp³-hybridized carbons (Fsp3) is 0.300. The standard InChI is InChI=1S/C20H24N2O3/c1-13(2)18(20(24)25)21-12-15-6-10-17(11-7-15)22-19(23)16-8-4-14(3)5-9-16/h4-11,13,18,21H,12H2,1-3H3,(H,22,23)(H,24,25)/t18-/m1/s1. The molecule has 0 saturated heterocycles. The number of amides is 1. The van der Waals surface area contributed by atoms with Gasteiger partial charge in [-0.25, -0.2) is 0 Å². The van der Waals surface area contributed by atoms with Gasteiger partial charge in [-0.05, 0) is 42.7 Å². The van der Waals surface area contributed by atoms with Crippen molar-refractivity contribution < 1.29 is 14.7 Å². The van der Waals surface area contributed by atoms with E-state index in [0.29, 0.717) is 17.8 Å². The van der Waals surface area contributed by atoms with Gasteiger partial charge in [-0.15, -0.1) is 0 Å². The van der Waals surface area contributed by atoms with Crippen LogP contribution in [0.4, 0.5) is 5.69 Å². The number of carbonyl (C=O) groups excluding carboxylic acids is 1. The highest BCUT2D eigenvalue weighted by molar-refractivity contribution is 6.04. The number of aliphatic carboxylic acids is 1. The summed E-state index contributed by atoms with van der Waals surface area (Å²) in [5.74, 6) is -1.00. The summed E-state index contributed by atoms with van der Waals surface area (Å²) >= 11 is 0. The number of benzene rings is 2. The van der Waals surface area contributed by atoms with Gasteiger partial charge >= 0.3 is 5.97 Å². The molecule has 1 atom stereocenters. The summed E-state index contributed by atoms with van der Waals surface area (Å²) in [5.41, 5.74) is 3.38. The van der Waals surface area contributed by atoms with Gasteiger partial charge in [0.1, 0.15) is 6.04 Å². The van der Waals surface area contributed by atoms with Gasteiger partial charge in [-0.3, -0.25) is 9.59 Å². The van der Waals surface area contributed by atoms with E-state index in [-0.39, 0.29) is 11.8 Å². The van der Waals surface area contributed by atoms with Gasteiger partial charge in [-0.1, -0.05) is 43.7 Å². The van der Waals surface area contributed by atoms with Gasteiger partial charge in [0.15, 0.2) is 0 Å². The van der Waals surface area contributed by atoms with Crippen LogP contribution in [0.15, 0.2) is 48.5 Å². The molecule has 0 heterocycles. The van der Waals surface area contributed by atoms with Crippen molar-refractivity contribution in [1.29, 1.82) is 0 Å². The Balaban J connectivity index is 1.94. The van der Waals surface area contributed by atoms with Gasteiger partial charge in [0, 0.05) is 17.8 Å². The fourth-order valence-corrected chi connectivity index (χ4v) is 2.45. The third kappa shape index (κ3) is 5.43. The highest BCUT2D eigenvalue weighted by Gasteiger charge is 2.20. The number of carboxylic acids is 1. The monoisotopic (exact) mass is 340 g/mol. The summed E-state index contributed by atoms with van der Waals surface area (Å²) in [4.78, 5) is 23.4. The van der Waals surface area contributed by atoms with Crippen molar-refractivity contribution in [2.75, 3.05) is 5.32 Å². The second-order valence-electron chi connectivity index (χ2n) is 6.46. The first-order chi connectivity index (χ1) is 11.9. The first-order valence-electron chi connectivity index (χ1n) is 8.30. The molecule has 5 heteroatoms. The van der Waals surface area contributed by atoms with Crippen LogP contribution >= 0.6 is 0 Å². The maximum absolute atomic E-state index is 12.2. The summed E-state index contributed by atoms with van der Waals surface area (Å²) in [6.07, 6.45) is 0. The highest BCUT2D eigenvalue weighted by Crippen LogP contribution is 2.13. The van der Waals surface area contributed by atoms with Crippen molar-refractivity contribution in [2.45, 2.75) is 33.4 Å². The number of carbonyl (C=O) groups is 2. The maximum Gasteiger partial charge on any atom is 0.320 e. The number of hydrogen-bond acceptors (Lipinski definition) is 3. The van der Waals surface area contributed by atoms with Crippen molar-refractivity contribution in [3.8, 4) is 0 Å². The molecule has 0 spiro atoms. The van der Waals surface area contributed by atoms with Gasteiger partial charge < -0.3 is 15.7 Å². The van der Waals surface area contributed by atoms with E-state index < -0.39 is 12.0 Å². The first-order valence-corrected chi connectivity index (χ1v) is 8.30. The largest absolute Gasteiger partial charge is 0.480 e. The van der Waals surface area contributed by atoms with Crippen LogP contribution in [0.3, 0.4) is 0 Å². The van der Waals surface area contributed by atoms with Crippen LogP contribution in [-0.2, 0) is 11.3 Å². The van der Waals surface area contributed by atoms with Crippen molar-refractivity contribution in [3.05, 3.63) is 65.2 Å². The second-order valence-corrected chi connectivity index (χ2v) is 6.46. The summed E-state index contributed by atoms with van der Waals surface area (Å²) < 4.78 is 0. The lowest BCUT2D eigenvalue weighted by Crippen LogP contribution is -2.40. The quantitative estimate of drug-likeness (QED) is 0.721. The van der Waals surface area contributed by atoms with E-state index in [4.69, 9.17) is 0 Å². The molecule has 0 fully saturated rings. The molecule has 0 unspecified atom stereocenters. The minimum absolute atomic E-state index is 0.00516. The van der Waals surface area contributed by atoms with Gasteiger partial charge in [0.25, 0.3) is 5.91 Å². The van der Waals surface area contributed by atoms with Crippen LogP contribution in [0.1, 0.15) is 35.3 Å². The molecule has 25 heavy (non-hydrogen) atoms. The summed E-state index contributed by atoms with van der Waals surface area (Å²) in [6, 6.07) is 14.2. The molecule has 0 aliphatic heterocycles. The Morgan fingerprint density at radius 2 is 1.60 bits per heavy atom. The summed E-state index contributed by atoms with van der Waals surface area (Å²) in [7, 11) is 0. The highest BCUT2D eigenvalue weighted by atomic mass is 16.4. The van der Waals surface area contributed by atoms with E-state index >= 15 is 0 Å². The molecule has 0 radical (unpaired) electrons. The van der Waals surface area contributed by atoms with Crippen molar-refractivity contribution in [1.82, 2.24) is 5.32 Å². The predicted octanol–water partition coefficient (Wildman–Crippen LogP) is 3.45. The number of aryl methyl sites for hydroxylation is 1. The molecule has 2 rings (SSSR count). The Kier molecular flexibility index (Phi) is 6.31. The molecule has 0 saturated carbocycles. The van der Waals surface area contributed by atoms with Crippen LogP contribution in [0.5, 0.6) is 0 Å². The lowest BCUT2D eigenvalue weighted by Gasteiger charge is -2.18. The van der Waals surface area contributed by atoms with Crippen molar-refractivity contribution in [2.24, 2.45) is 5.92 Å². The molecule has 0 aromatic heterocycles. The Bertz CT molecular complexity index is 722. The summed E-state index contributed by atoms with van der Waals surface area (Å²) in [6.45, 7) is 6.18. The number of anilines is 1. The molecule has 0 aliphatic carbocycles. The molecular weight excluding hydrogens is 316 g/mol. The number of nitrogens with one attached hydrogen (secondary N) is 2. The first kappa shape index (κ1) is 18.7. The molecule has 1 amide bonds. The average molecular weight is 340 g/mol. The minimum atomic E-state index is -0.850. The van der Waals surface area contributed by atoms with Crippen molar-refractivity contribution in [3.63, 3.8) is 0 Å². The lowest BCUT2D eigenvalue weighted by molar-refractivity contribution is -0.140. The molecule has 132 valence electrons. The fourth-order valence-electron chi connectivity index (χ4n) is 2.45. The third-order valence-electron chi connectivity index (χ3n) is 3.98. The number of hydrogen-bond donors (Lipinski definition) is 3. The smallest absolute Gasteiger partial charge is 0.320 e. The minimum Gasteiger partial charge on any atom is -0.480 e. The Hall–Kier alpha value is -2.66. The van der Waals surface area contributed by atoms with E-state index in [1.165, 1.54) is 0 Å². The van der Waals surface area contributed by atoms with Crippen LogP contribution in [0.2, 0.25) is 0 Å². The Morgan fingerprint density at radius 3 is 2.12 bits per heavy atom. The van der Waals surface area contributed by atoms with E-state index in [0.717, 1.165) is 11.1 Å². The molecule has 0 aliphatic rings. The molecule has 5 nitrogen and oxygen atoms in total. The maximum atomic E-state index is 12.2. The van der Waals surface area contributed by atoms with Crippen LogP contribution in [-0.4, -0.2) is 23.0 Å². The van der Waals surface area contributed by atoms with Crippen LogP contribution < -0.4 is 10.6 Å². The topological polar surface area (TPSA) is 78.4 Å². The molecule has 2 aromatic carbocycles. The van der Waals surface area contributed by atoms with Gasteiger partial charge in [0.05, 0.1) is 0 Å². The third-order valence-corrected chi connectivity index (χ3v) is 3.98. The molecular formula is C20H24N2O3.